The minimum absolute atomic E-state index is 0.0968. The maximum atomic E-state index is 11.9. The van der Waals surface area contributed by atoms with Crippen molar-refractivity contribution in [3.63, 3.8) is 0 Å². The molecule has 0 saturated carbocycles. The average molecular weight is 325 g/mol. The molecule has 0 saturated heterocycles. The van der Waals surface area contributed by atoms with E-state index in [1.165, 1.54) is 11.9 Å². The number of rotatable bonds is 6. The van der Waals surface area contributed by atoms with E-state index in [0.717, 1.165) is 0 Å². The zero-order valence-corrected chi connectivity index (χ0v) is 12.9. The first-order valence-corrected chi connectivity index (χ1v) is 7.21. The van der Waals surface area contributed by atoms with Crippen LogP contribution in [0.1, 0.15) is 6.42 Å². The van der Waals surface area contributed by atoms with Gasteiger partial charge in [0.15, 0.2) is 5.76 Å². The largest absolute Gasteiger partial charge is 0.503 e. The molecule has 1 aromatic rings. The molecule has 118 valence electrons. The zero-order chi connectivity index (χ0) is 16.1. The van der Waals surface area contributed by atoms with E-state index in [-0.39, 0.29) is 12.1 Å². The fourth-order valence-electron chi connectivity index (χ4n) is 2.00. The van der Waals surface area contributed by atoms with Crippen LogP contribution in [0.2, 0.25) is 5.02 Å². The molecule has 2 amide bonds. The Labute approximate surface area is 133 Å². The highest BCUT2D eigenvalue weighted by molar-refractivity contribution is 6.32. The van der Waals surface area contributed by atoms with Crippen molar-refractivity contribution in [1.82, 2.24) is 10.2 Å². The van der Waals surface area contributed by atoms with Crippen molar-refractivity contribution in [3.8, 4) is 5.75 Å². The summed E-state index contributed by atoms with van der Waals surface area (Å²) in [7, 11) is 1.52. The molecule has 22 heavy (non-hydrogen) atoms. The smallest absolute Gasteiger partial charge is 0.289 e. The lowest BCUT2D eigenvalue weighted by atomic mass is 10.2. The standard InChI is InChI=1S/C15H17ClN2O4/c1-18-9-10(13(19)15(18)21)14(20)17-7-4-8-22-12-6-3-2-5-11(12)16/h2-3,5-6,19H,4,7-9H2,1H3,(H,17,20). The van der Waals surface area contributed by atoms with E-state index in [4.69, 9.17) is 16.3 Å². The second kappa shape index (κ2) is 7.17. The maximum absolute atomic E-state index is 11.9. The molecule has 0 fully saturated rings. The molecule has 1 aliphatic rings. The van der Waals surface area contributed by atoms with E-state index in [1.54, 1.807) is 12.1 Å². The molecule has 0 atom stereocenters. The molecule has 0 radical (unpaired) electrons. The van der Waals surface area contributed by atoms with Crippen LogP contribution in [0.3, 0.4) is 0 Å². The number of halogens is 1. The predicted molar refractivity (Wildman–Crippen MR) is 81.9 cm³/mol. The maximum Gasteiger partial charge on any atom is 0.289 e. The highest BCUT2D eigenvalue weighted by Gasteiger charge is 2.31. The Morgan fingerprint density at radius 3 is 2.82 bits per heavy atom. The number of para-hydroxylation sites is 1. The van der Waals surface area contributed by atoms with Crippen LogP contribution in [0.25, 0.3) is 0 Å². The monoisotopic (exact) mass is 324 g/mol. The van der Waals surface area contributed by atoms with Crippen LogP contribution >= 0.6 is 11.6 Å². The van der Waals surface area contributed by atoms with Gasteiger partial charge in [0.1, 0.15) is 5.75 Å². The van der Waals surface area contributed by atoms with Gasteiger partial charge in [0.2, 0.25) is 0 Å². The van der Waals surface area contributed by atoms with Crippen LogP contribution in [0, 0.1) is 0 Å². The van der Waals surface area contributed by atoms with Gasteiger partial charge >= 0.3 is 0 Å². The van der Waals surface area contributed by atoms with Gasteiger partial charge < -0.3 is 20.1 Å². The van der Waals surface area contributed by atoms with Crippen LogP contribution in [-0.4, -0.2) is 48.6 Å². The summed E-state index contributed by atoms with van der Waals surface area (Å²) in [4.78, 5) is 24.5. The molecular weight excluding hydrogens is 308 g/mol. The van der Waals surface area contributed by atoms with E-state index in [0.29, 0.717) is 30.3 Å². The third-order valence-electron chi connectivity index (χ3n) is 3.21. The first kappa shape index (κ1) is 16.2. The first-order valence-electron chi connectivity index (χ1n) is 6.84. The van der Waals surface area contributed by atoms with Crippen molar-refractivity contribution in [2.75, 3.05) is 26.7 Å². The molecule has 0 spiro atoms. The van der Waals surface area contributed by atoms with Gasteiger partial charge in [0.05, 0.1) is 23.7 Å². The molecule has 7 heteroatoms. The SMILES string of the molecule is CN1CC(C(=O)NCCCOc2ccccc2Cl)=C(O)C1=O. The quantitative estimate of drug-likeness (QED) is 0.777. The number of nitrogens with one attached hydrogen (secondary N) is 1. The summed E-state index contributed by atoms with van der Waals surface area (Å²) in [5, 5.41) is 12.8. The minimum Gasteiger partial charge on any atom is -0.503 e. The highest BCUT2D eigenvalue weighted by Crippen LogP contribution is 2.23. The van der Waals surface area contributed by atoms with Crippen molar-refractivity contribution in [3.05, 3.63) is 40.6 Å². The second-order valence-corrected chi connectivity index (χ2v) is 5.28. The molecule has 2 N–H and O–H groups in total. The van der Waals surface area contributed by atoms with Gasteiger partial charge in [-0.25, -0.2) is 0 Å². The van der Waals surface area contributed by atoms with Crippen LogP contribution in [0.5, 0.6) is 5.75 Å². The van der Waals surface area contributed by atoms with Crippen molar-refractivity contribution >= 4 is 23.4 Å². The van der Waals surface area contributed by atoms with Crippen LogP contribution in [-0.2, 0) is 9.59 Å². The number of ether oxygens (including phenoxy) is 1. The lowest BCUT2D eigenvalue weighted by molar-refractivity contribution is -0.126. The molecule has 0 aromatic heterocycles. The number of hydrogen-bond donors (Lipinski definition) is 2. The molecule has 2 rings (SSSR count). The van der Waals surface area contributed by atoms with Gasteiger partial charge in [0, 0.05) is 13.6 Å². The fraction of sp³-hybridized carbons (Fsp3) is 0.333. The Kier molecular flexibility index (Phi) is 5.27. The van der Waals surface area contributed by atoms with Crippen molar-refractivity contribution in [1.29, 1.82) is 0 Å². The van der Waals surface area contributed by atoms with Crippen LogP contribution in [0.4, 0.5) is 0 Å². The Morgan fingerprint density at radius 2 is 2.18 bits per heavy atom. The van der Waals surface area contributed by atoms with E-state index >= 15 is 0 Å². The van der Waals surface area contributed by atoms with Gasteiger partial charge in [-0.05, 0) is 18.6 Å². The Bertz CT molecular complexity index is 615. The number of carbonyl (C=O) groups excluding carboxylic acids is 2. The zero-order valence-electron chi connectivity index (χ0n) is 12.1. The van der Waals surface area contributed by atoms with Crippen LogP contribution < -0.4 is 10.1 Å². The van der Waals surface area contributed by atoms with E-state index in [9.17, 15) is 14.7 Å². The van der Waals surface area contributed by atoms with Gasteiger partial charge in [0.25, 0.3) is 11.8 Å². The van der Waals surface area contributed by atoms with Crippen molar-refractivity contribution in [2.45, 2.75) is 6.42 Å². The highest BCUT2D eigenvalue weighted by atomic mass is 35.5. The third-order valence-corrected chi connectivity index (χ3v) is 3.52. The van der Waals surface area contributed by atoms with Gasteiger partial charge in [-0.1, -0.05) is 23.7 Å². The summed E-state index contributed by atoms with van der Waals surface area (Å²) in [6.45, 7) is 0.887. The fourth-order valence-corrected chi connectivity index (χ4v) is 2.19. The lowest BCUT2D eigenvalue weighted by Gasteiger charge is -2.09. The number of aliphatic hydroxyl groups excluding tert-OH is 1. The van der Waals surface area contributed by atoms with E-state index < -0.39 is 17.6 Å². The predicted octanol–water partition coefficient (Wildman–Crippen LogP) is 1.51. The number of amides is 2. The number of hydrogen-bond acceptors (Lipinski definition) is 4. The minimum atomic E-state index is -0.535. The van der Waals surface area contributed by atoms with Crippen molar-refractivity contribution in [2.24, 2.45) is 0 Å². The van der Waals surface area contributed by atoms with E-state index in [1.807, 2.05) is 12.1 Å². The number of likely N-dealkylation sites (N-methyl/N-ethyl adjacent to an activating group) is 1. The summed E-state index contributed by atoms with van der Waals surface area (Å²) < 4.78 is 5.49. The second-order valence-electron chi connectivity index (χ2n) is 4.88. The molecule has 6 nitrogen and oxygen atoms in total. The van der Waals surface area contributed by atoms with Crippen molar-refractivity contribution < 1.29 is 19.4 Å². The number of carbonyl (C=O) groups is 2. The Hall–Kier alpha value is -2.21. The Balaban J connectivity index is 1.72. The molecule has 0 aliphatic carbocycles. The summed E-state index contributed by atoms with van der Waals surface area (Å²) in [6, 6.07) is 7.15. The summed E-state index contributed by atoms with van der Waals surface area (Å²) in [6.07, 6.45) is 0.578. The Morgan fingerprint density at radius 1 is 1.45 bits per heavy atom. The van der Waals surface area contributed by atoms with Gasteiger partial charge in [-0.2, -0.15) is 0 Å². The molecule has 1 aromatic carbocycles. The molecule has 0 unspecified atom stereocenters. The van der Waals surface area contributed by atoms with Gasteiger partial charge in [-0.3, -0.25) is 9.59 Å². The van der Waals surface area contributed by atoms with E-state index in [2.05, 4.69) is 5.32 Å². The normalized spacial score (nSPS) is 14.5. The summed E-state index contributed by atoms with van der Waals surface area (Å²) in [5.41, 5.74) is 0.0968. The van der Waals surface area contributed by atoms with Crippen LogP contribution in [0.15, 0.2) is 35.6 Å². The third kappa shape index (κ3) is 3.71. The number of benzene rings is 1. The summed E-state index contributed by atoms with van der Waals surface area (Å²) in [5.74, 6) is -0.855. The molecule has 0 bridgehead atoms. The number of nitrogens with zero attached hydrogens (tertiary/aromatic N) is 1. The van der Waals surface area contributed by atoms with Gasteiger partial charge in [-0.15, -0.1) is 0 Å². The molecular formula is C15H17ClN2O4. The number of aliphatic hydroxyl groups is 1. The average Bonchev–Trinajstić information content (AvgIpc) is 2.76. The molecule has 1 aliphatic heterocycles. The first-order chi connectivity index (χ1) is 10.5. The topological polar surface area (TPSA) is 78.9 Å². The molecule has 1 heterocycles. The summed E-state index contributed by atoms with van der Waals surface area (Å²) >= 11 is 5.95. The lowest BCUT2D eigenvalue weighted by Crippen LogP contribution is -2.29.